The van der Waals surface area contributed by atoms with E-state index in [4.69, 9.17) is 16.3 Å². The Hall–Kier alpha value is -1.60. The van der Waals surface area contributed by atoms with Gasteiger partial charge >= 0.3 is 6.01 Å². The fourth-order valence-electron chi connectivity index (χ4n) is 3.01. The lowest BCUT2D eigenvalue weighted by Crippen LogP contribution is -2.46. The molecule has 2 atom stereocenters. The molecule has 0 bridgehead atoms. The summed E-state index contributed by atoms with van der Waals surface area (Å²) < 4.78 is 5.59. The van der Waals surface area contributed by atoms with Crippen LogP contribution >= 0.6 is 11.6 Å². The van der Waals surface area contributed by atoms with Crippen LogP contribution in [0, 0.1) is 0 Å². The number of hydrogen-bond donors (Lipinski definition) is 2. The lowest BCUT2D eigenvalue weighted by atomic mass is 9.95. The highest BCUT2D eigenvalue weighted by atomic mass is 35.5. The van der Waals surface area contributed by atoms with Crippen LogP contribution in [0.3, 0.4) is 0 Å². The topological polar surface area (TPSA) is 87.6 Å². The number of anilines is 1. The summed E-state index contributed by atoms with van der Waals surface area (Å²) in [5, 5.41) is 13.4. The van der Waals surface area contributed by atoms with Crippen LogP contribution < -0.4 is 15.0 Å². The monoisotopic (exact) mass is 340 g/mol. The van der Waals surface area contributed by atoms with E-state index >= 15 is 0 Å². The molecule has 1 amide bonds. The summed E-state index contributed by atoms with van der Waals surface area (Å²) in [5.74, 6) is 0.692. The fraction of sp³-hybridized carbons (Fsp3) is 0.667. The lowest BCUT2D eigenvalue weighted by molar-refractivity contribution is -0.119. The zero-order valence-electron chi connectivity index (χ0n) is 13.1. The van der Waals surface area contributed by atoms with Crippen molar-refractivity contribution in [1.29, 1.82) is 0 Å². The van der Waals surface area contributed by atoms with Crippen LogP contribution in [0.25, 0.3) is 0 Å². The number of hydrogen-bond acceptors (Lipinski definition) is 6. The lowest BCUT2D eigenvalue weighted by Gasteiger charge is -2.37. The SMILES string of the molecule is C[C@@]1(O)CCCN(c2cc(Cl)nc(OC[C@@H]3CCC(=O)N3)n2)C1. The molecule has 23 heavy (non-hydrogen) atoms. The third-order valence-electron chi connectivity index (χ3n) is 4.16. The second-order valence-electron chi connectivity index (χ2n) is 6.47. The van der Waals surface area contributed by atoms with Crippen molar-refractivity contribution in [2.24, 2.45) is 0 Å². The average Bonchev–Trinajstić information content (AvgIpc) is 2.89. The summed E-state index contributed by atoms with van der Waals surface area (Å²) in [6, 6.07) is 1.86. The quantitative estimate of drug-likeness (QED) is 0.799. The molecule has 1 aromatic rings. The van der Waals surface area contributed by atoms with Crippen molar-refractivity contribution >= 4 is 23.3 Å². The molecule has 2 N–H and O–H groups in total. The van der Waals surface area contributed by atoms with E-state index in [1.165, 1.54) is 0 Å². The van der Waals surface area contributed by atoms with Crippen molar-refractivity contribution in [2.75, 3.05) is 24.6 Å². The number of β-amino-alcohol motifs (C(OH)–C–C–N with tert-alkyl or cyclic N) is 1. The highest BCUT2D eigenvalue weighted by Crippen LogP contribution is 2.27. The molecule has 1 aromatic heterocycles. The number of carbonyl (C=O) groups is 1. The van der Waals surface area contributed by atoms with E-state index in [1.54, 1.807) is 6.07 Å². The summed E-state index contributed by atoms with van der Waals surface area (Å²) in [6.45, 7) is 3.45. The van der Waals surface area contributed by atoms with Gasteiger partial charge in [-0.1, -0.05) is 11.6 Å². The number of ether oxygens (including phenoxy) is 1. The second-order valence-corrected chi connectivity index (χ2v) is 6.85. The van der Waals surface area contributed by atoms with Gasteiger partial charge in [-0.3, -0.25) is 4.79 Å². The molecule has 0 radical (unpaired) electrons. The second kappa shape index (κ2) is 6.49. The van der Waals surface area contributed by atoms with Crippen LogP contribution in [0.2, 0.25) is 5.15 Å². The molecule has 2 aliphatic rings. The Labute approximate surface area is 140 Å². The van der Waals surface area contributed by atoms with Gasteiger partial charge in [0.15, 0.2) is 0 Å². The number of amides is 1. The molecule has 7 nitrogen and oxygen atoms in total. The molecular formula is C15H21ClN4O3. The molecule has 0 unspecified atom stereocenters. The number of carbonyl (C=O) groups excluding carboxylic acids is 1. The Bertz CT molecular complexity index is 596. The maximum atomic E-state index is 11.2. The van der Waals surface area contributed by atoms with Gasteiger partial charge in [-0.05, 0) is 26.2 Å². The molecule has 3 rings (SSSR count). The highest BCUT2D eigenvalue weighted by Gasteiger charge is 2.29. The Kier molecular flexibility index (Phi) is 4.59. The van der Waals surface area contributed by atoms with Crippen LogP contribution in [0.4, 0.5) is 5.82 Å². The number of nitrogens with zero attached hydrogens (tertiary/aromatic N) is 3. The number of halogens is 1. The normalized spacial score (nSPS) is 27.9. The maximum Gasteiger partial charge on any atom is 0.319 e. The molecule has 0 saturated carbocycles. The van der Waals surface area contributed by atoms with Crippen LogP contribution in [0.1, 0.15) is 32.6 Å². The standard InChI is InChI=1S/C15H21ClN4O3/c1-15(22)5-2-6-20(9-15)12-7-11(16)18-14(19-12)23-8-10-3-4-13(21)17-10/h7,10,22H,2-6,8-9H2,1H3,(H,17,21)/t10-,15+/m0/s1. The van der Waals surface area contributed by atoms with Crippen LogP contribution in [0.15, 0.2) is 6.07 Å². The summed E-state index contributed by atoms with van der Waals surface area (Å²) in [4.78, 5) is 21.6. The largest absolute Gasteiger partial charge is 0.461 e. The average molecular weight is 341 g/mol. The minimum atomic E-state index is -0.731. The van der Waals surface area contributed by atoms with E-state index in [1.807, 2.05) is 11.8 Å². The van der Waals surface area contributed by atoms with Gasteiger partial charge in [0.25, 0.3) is 0 Å². The Morgan fingerprint density at radius 3 is 3.09 bits per heavy atom. The number of piperidine rings is 1. The first-order chi connectivity index (χ1) is 10.9. The van der Waals surface area contributed by atoms with Crippen LogP contribution in [-0.4, -0.2) is 52.3 Å². The molecule has 0 aliphatic carbocycles. The van der Waals surface area contributed by atoms with Crippen molar-refractivity contribution in [3.63, 3.8) is 0 Å². The molecule has 126 valence electrons. The van der Waals surface area contributed by atoms with Crippen molar-refractivity contribution in [3.8, 4) is 6.01 Å². The Morgan fingerprint density at radius 2 is 2.39 bits per heavy atom. The van der Waals surface area contributed by atoms with Crippen molar-refractivity contribution in [3.05, 3.63) is 11.2 Å². The van der Waals surface area contributed by atoms with Gasteiger partial charge in [-0.25, -0.2) is 0 Å². The van der Waals surface area contributed by atoms with E-state index in [2.05, 4.69) is 15.3 Å². The number of nitrogens with one attached hydrogen (secondary N) is 1. The first-order valence-electron chi connectivity index (χ1n) is 7.85. The Balaban J connectivity index is 1.67. The van der Waals surface area contributed by atoms with Crippen LogP contribution in [0.5, 0.6) is 6.01 Å². The zero-order chi connectivity index (χ0) is 16.4. The van der Waals surface area contributed by atoms with Gasteiger partial charge in [0, 0.05) is 25.6 Å². The van der Waals surface area contributed by atoms with Crippen LogP contribution in [-0.2, 0) is 4.79 Å². The van der Waals surface area contributed by atoms with Gasteiger partial charge in [0.05, 0.1) is 11.6 Å². The number of rotatable bonds is 4. The maximum absolute atomic E-state index is 11.2. The molecule has 0 spiro atoms. The van der Waals surface area contributed by atoms with Crippen molar-refractivity contribution in [2.45, 2.75) is 44.2 Å². The number of aromatic nitrogens is 2. The molecule has 8 heteroatoms. The van der Waals surface area contributed by atoms with Gasteiger partial charge < -0.3 is 20.1 Å². The van der Waals surface area contributed by atoms with E-state index in [0.717, 1.165) is 25.8 Å². The zero-order valence-corrected chi connectivity index (χ0v) is 13.8. The van der Waals surface area contributed by atoms with E-state index < -0.39 is 5.60 Å². The summed E-state index contributed by atoms with van der Waals surface area (Å²) in [7, 11) is 0. The van der Waals surface area contributed by atoms with Crippen molar-refractivity contribution < 1.29 is 14.6 Å². The molecular weight excluding hydrogens is 320 g/mol. The van der Waals surface area contributed by atoms with E-state index in [0.29, 0.717) is 30.5 Å². The smallest absolute Gasteiger partial charge is 0.319 e. The van der Waals surface area contributed by atoms with Crippen molar-refractivity contribution in [1.82, 2.24) is 15.3 Å². The van der Waals surface area contributed by atoms with Gasteiger partial charge in [0.1, 0.15) is 17.6 Å². The third-order valence-corrected chi connectivity index (χ3v) is 4.35. The predicted molar refractivity (Wildman–Crippen MR) is 85.8 cm³/mol. The fourth-order valence-corrected chi connectivity index (χ4v) is 3.17. The molecule has 2 fully saturated rings. The van der Waals surface area contributed by atoms with Gasteiger partial charge in [-0.2, -0.15) is 9.97 Å². The minimum absolute atomic E-state index is 0.00995. The molecule has 0 aromatic carbocycles. The minimum Gasteiger partial charge on any atom is -0.461 e. The number of aliphatic hydroxyl groups is 1. The Morgan fingerprint density at radius 1 is 1.57 bits per heavy atom. The predicted octanol–water partition coefficient (Wildman–Crippen LogP) is 1.14. The summed E-state index contributed by atoms with van der Waals surface area (Å²) in [5.41, 5.74) is -0.731. The first-order valence-corrected chi connectivity index (χ1v) is 8.23. The molecule has 2 saturated heterocycles. The van der Waals surface area contributed by atoms with E-state index in [9.17, 15) is 9.90 Å². The third kappa shape index (κ3) is 4.23. The summed E-state index contributed by atoms with van der Waals surface area (Å²) in [6.07, 6.45) is 2.94. The first kappa shape index (κ1) is 16.3. The van der Waals surface area contributed by atoms with E-state index in [-0.39, 0.29) is 18.0 Å². The summed E-state index contributed by atoms with van der Waals surface area (Å²) >= 11 is 6.07. The molecule has 2 aliphatic heterocycles. The van der Waals surface area contributed by atoms with Gasteiger partial charge in [0.2, 0.25) is 5.91 Å². The highest BCUT2D eigenvalue weighted by molar-refractivity contribution is 6.29. The van der Waals surface area contributed by atoms with Gasteiger partial charge in [-0.15, -0.1) is 0 Å². The molecule has 3 heterocycles.